The Labute approximate surface area is 210 Å². The normalized spacial score (nSPS) is 17.6. The van der Waals surface area contributed by atoms with Crippen molar-refractivity contribution in [3.8, 4) is 11.5 Å². The van der Waals surface area contributed by atoms with E-state index in [1.165, 1.54) is 25.3 Å². The van der Waals surface area contributed by atoms with E-state index in [0.29, 0.717) is 17.5 Å². The lowest BCUT2D eigenvalue weighted by molar-refractivity contribution is -0.137. The Hall–Kier alpha value is -3.45. The summed E-state index contributed by atoms with van der Waals surface area (Å²) in [5.41, 5.74) is -0.632. The number of rotatable bonds is 8. The lowest BCUT2D eigenvalue weighted by Crippen LogP contribution is -2.32. The standard InChI is InChI=1S/C24H23F4N3O5S/c1-23(18-5-3-15(24(26,27)28)11-20(18)36-10-9-34-2)7-8-35-21-12-17(4-6-19(21)23)37(32,33)31-22-29-13-16(25)14-30-22/h3-6,11-14H,7-10H2,1-2H3,(H,29,30,31)/t23-/m0/s1. The predicted octanol–water partition coefficient (Wildman–Crippen LogP) is 4.55. The lowest BCUT2D eigenvalue weighted by Gasteiger charge is -2.37. The van der Waals surface area contributed by atoms with Gasteiger partial charge in [-0.05, 0) is 24.6 Å². The first-order chi connectivity index (χ1) is 17.4. The SMILES string of the molecule is COCCOc1cc(C(F)(F)F)ccc1[C@]1(C)CCOc2cc(S(=O)(=O)Nc3ncc(F)cn3)ccc21. The molecule has 2 aromatic carbocycles. The van der Waals surface area contributed by atoms with Crippen LogP contribution in [-0.2, 0) is 26.4 Å². The first kappa shape index (κ1) is 26.6. The van der Waals surface area contributed by atoms with Crippen LogP contribution in [0.15, 0.2) is 53.7 Å². The summed E-state index contributed by atoms with van der Waals surface area (Å²) in [5, 5.41) is 0. The molecule has 1 aromatic heterocycles. The van der Waals surface area contributed by atoms with Crippen LogP contribution in [0, 0.1) is 5.82 Å². The molecule has 4 rings (SSSR count). The molecular weight excluding hydrogens is 518 g/mol. The van der Waals surface area contributed by atoms with Crippen LogP contribution in [0.1, 0.15) is 30.0 Å². The predicted molar refractivity (Wildman–Crippen MR) is 125 cm³/mol. The number of nitrogens with one attached hydrogen (secondary N) is 1. The first-order valence-corrected chi connectivity index (χ1v) is 12.5. The van der Waals surface area contributed by atoms with Crippen molar-refractivity contribution in [2.24, 2.45) is 0 Å². The van der Waals surface area contributed by atoms with E-state index in [2.05, 4.69) is 14.7 Å². The highest BCUT2D eigenvalue weighted by atomic mass is 32.2. The number of fused-ring (bicyclic) bond motifs is 1. The number of sulfonamides is 1. The number of anilines is 1. The summed E-state index contributed by atoms with van der Waals surface area (Å²) in [5.74, 6) is -0.737. The van der Waals surface area contributed by atoms with E-state index >= 15 is 0 Å². The molecule has 8 nitrogen and oxygen atoms in total. The number of ether oxygens (including phenoxy) is 3. The van der Waals surface area contributed by atoms with Crippen molar-refractivity contribution in [1.29, 1.82) is 0 Å². The molecule has 0 saturated heterocycles. The van der Waals surface area contributed by atoms with Crippen LogP contribution in [0.5, 0.6) is 11.5 Å². The van der Waals surface area contributed by atoms with Gasteiger partial charge in [0.2, 0.25) is 5.95 Å². The smallest absolute Gasteiger partial charge is 0.416 e. The van der Waals surface area contributed by atoms with Gasteiger partial charge < -0.3 is 14.2 Å². The van der Waals surface area contributed by atoms with Gasteiger partial charge in [0.05, 0.1) is 36.1 Å². The third-order valence-corrected chi connectivity index (χ3v) is 7.34. The third-order valence-electron chi connectivity index (χ3n) is 6.01. The summed E-state index contributed by atoms with van der Waals surface area (Å²) >= 11 is 0. The van der Waals surface area contributed by atoms with Gasteiger partial charge in [0.15, 0.2) is 5.82 Å². The molecule has 0 unspecified atom stereocenters. The molecule has 0 aliphatic carbocycles. The molecule has 0 saturated carbocycles. The van der Waals surface area contributed by atoms with E-state index in [1.54, 1.807) is 6.07 Å². The second kappa shape index (κ2) is 10.1. The van der Waals surface area contributed by atoms with E-state index in [0.717, 1.165) is 24.5 Å². The summed E-state index contributed by atoms with van der Waals surface area (Å²) in [7, 11) is -2.69. The maximum absolute atomic E-state index is 13.4. The Morgan fingerprint density at radius 1 is 1.08 bits per heavy atom. The second-order valence-corrected chi connectivity index (χ2v) is 10.2. The molecule has 1 aliphatic heterocycles. The summed E-state index contributed by atoms with van der Waals surface area (Å²) < 4.78 is 97.5. The van der Waals surface area contributed by atoms with E-state index in [4.69, 9.17) is 14.2 Å². The second-order valence-electron chi connectivity index (χ2n) is 8.47. The zero-order chi connectivity index (χ0) is 26.8. The molecule has 0 bridgehead atoms. The quantitative estimate of drug-likeness (QED) is 0.330. The fourth-order valence-corrected chi connectivity index (χ4v) is 5.05. The Morgan fingerprint density at radius 2 is 1.78 bits per heavy atom. The number of hydrogen-bond donors (Lipinski definition) is 1. The minimum absolute atomic E-state index is 0.0402. The highest BCUT2D eigenvalue weighted by Gasteiger charge is 2.40. The monoisotopic (exact) mass is 541 g/mol. The van der Waals surface area contributed by atoms with E-state index in [-0.39, 0.29) is 42.2 Å². The number of methoxy groups -OCH3 is 1. The molecule has 0 radical (unpaired) electrons. The highest BCUT2D eigenvalue weighted by Crippen LogP contribution is 2.48. The number of alkyl halides is 3. The number of benzene rings is 2. The number of nitrogens with zero attached hydrogens (tertiary/aromatic N) is 2. The molecule has 0 fully saturated rings. The fraction of sp³-hybridized carbons (Fsp3) is 0.333. The van der Waals surface area contributed by atoms with Crippen molar-refractivity contribution in [2.75, 3.05) is 31.7 Å². The molecule has 1 aliphatic rings. The van der Waals surface area contributed by atoms with Gasteiger partial charge in [-0.25, -0.2) is 27.5 Å². The van der Waals surface area contributed by atoms with Crippen LogP contribution in [0.25, 0.3) is 0 Å². The van der Waals surface area contributed by atoms with Gasteiger partial charge in [-0.3, -0.25) is 0 Å². The summed E-state index contributed by atoms with van der Waals surface area (Å²) in [6.07, 6.45) is -2.51. The Bertz CT molecular complexity index is 1380. The van der Waals surface area contributed by atoms with Crippen LogP contribution in [0.3, 0.4) is 0 Å². The van der Waals surface area contributed by atoms with E-state index < -0.39 is 33.0 Å². The highest BCUT2D eigenvalue weighted by molar-refractivity contribution is 7.92. The number of aromatic nitrogens is 2. The lowest BCUT2D eigenvalue weighted by atomic mass is 9.72. The van der Waals surface area contributed by atoms with Crippen molar-refractivity contribution in [2.45, 2.75) is 29.8 Å². The Kier molecular flexibility index (Phi) is 7.29. The average molecular weight is 542 g/mol. The van der Waals surface area contributed by atoms with Crippen molar-refractivity contribution in [3.05, 3.63) is 71.3 Å². The topological polar surface area (TPSA) is 99.6 Å². The van der Waals surface area contributed by atoms with Crippen LogP contribution in [0.4, 0.5) is 23.5 Å². The van der Waals surface area contributed by atoms with Crippen molar-refractivity contribution in [1.82, 2.24) is 9.97 Å². The van der Waals surface area contributed by atoms with Crippen molar-refractivity contribution in [3.63, 3.8) is 0 Å². The van der Waals surface area contributed by atoms with Crippen molar-refractivity contribution >= 4 is 16.0 Å². The molecule has 0 amide bonds. The average Bonchev–Trinajstić information content (AvgIpc) is 2.85. The Balaban J connectivity index is 1.72. The maximum atomic E-state index is 13.4. The Morgan fingerprint density at radius 3 is 2.46 bits per heavy atom. The van der Waals surface area contributed by atoms with Gasteiger partial charge in [0.25, 0.3) is 10.0 Å². The van der Waals surface area contributed by atoms with Gasteiger partial charge in [-0.2, -0.15) is 13.2 Å². The molecule has 1 atom stereocenters. The first-order valence-electron chi connectivity index (χ1n) is 11.1. The molecule has 0 spiro atoms. The molecule has 2 heterocycles. The van der Waals surface area contributed by atoms with Crippen LogP contribution < -0.4 is 14.2 Å². The van der Waals surface area contributed by atoms with Gasteiger partial charge in [0.1, 0.15) is 18.1 Å². The maximum Gasteiger partial charge on any atom is 0.416 e. The summed E-state index contributed by atoms with van der Waals surface area (Å²) in [4.78, 5) is 7.03. The van der Waals surface area contributed by atoms with Gasteiger partial charge >= 0.3 is 6.18 Å². The van der Waals surface area contributed by atoms with E-state index in [1.807, 2.05) is 6.92 Å². The molecule has 37 heavy (non-hydrogen) atoms. The van der Waals surface area contributed by atoms with Crippen LogP contribution in [0.2, 0.25) is 0 Å². The largest absolute Gasteiger partial charge is 0.493 e. The minimum Gasteiger partial charge on any atom is -0.493 e. The van der Waals surface area contributed by atoms with Gasteiger partial charge in [-0.1, -0.05) is 19.1 Å². The van der Waals surface area contributed by atoms with Crippen LogP contribution >= 0.6 is 0 Å². The van der Waals surface area contributed by atoms with Crippen LogP contribution in [-0.4, -0.2) is 45.3 Å². The van der Waals surface area contributed by atoms with Crippen molar-refractivity contribution < 1.29 is 40.2 Å². The minimum atomic E-state index is -4.56. The van der Waals surface area contributed by atoms with Gasteiger partial charge in [-0.15, -0.1) is 0 Å². The molecule has 3 aromatic rings. The third kappa shape index (κ3) is 5.62. The zero-order valence-corrected chi connectivity index (χ0v) is 20.6. The molecule has 198 valence electrons. The number of hydrogen-bond acceptors (Lipinski definition) is 7. The molecule has 1 N–H and O–H groups in total. The number of halogens is 4. The zero-order valence-electron chi connectivity index (χ0n) is 19.8. The molecular formula is C24H23F4N3O5S. The molecule has 13 heteroatoms. The fourth-order valence-electron chi connectivity index (χ4n) is 4.08. The van der Waals surface area contributed by atoms with Gasteiger partial charge in [0, 0.05) is 29.7 Å². The summed E-state index contributed by atoms with van der Waals surface area (Å²) in [6.45, 7) is 2.23. The van der Waals surface area contributed by atoms with E-state index in [9.17, 15) is 26.0 Å². The summed E-state index contributed by atoms with van der Waals surface area (Å²) in [6, 6.07) is 7.52.